The molecule has 2 heterocycles. The molecular weight excluding hydrogens is 287 g/mol. The molecule has 0 saturated heterocycles. The lowest BCUT2D eigenvalue weighted by Gasteiger charge is -2.29. The van der Waals surface area contributed by atoms with E-state index in [0.29, 0.717) is 25.5 Å². The third kappa shape index (κ3) is 4.14. The molecule has 0 saturated carbocycles. The number of aliphatic hydroxyl groups is 1. The molecule has 0 aromatic carbocycles. The summed E-state index contributed by atoms with van der Waals surface area (Å²) in [5, 5.41) is 19.8. The van der Waals surface area contributed by atoms with Gasteiger partial charge in [-0.15, -0.1) is 10.2 Å². The maximum Gasteiger partial charge on any atom is 0.451 e. The first kappa shape index (κ1) is 16.2. The Morgan fingerprint density at radius 2 is 2.10 bits per heavy atom. The second kappa shape index (κ2) is 6.71. The van der Waals surface area contributed by atoms with Crippen LogP contribution in [0.2, 0.25) is 0 Å². The minimum absolute atomic E-state index is 0.187. The van der Waals surface area contributed by atoms with Crippen molar-refractivity contribution in [1.29, 1.82) is 0 Å². The Bertz CT molecular complexity index is 462. The summed E-state index contributed by atoms with van der Waals surface area (Å²) in [6, 6.07) is 0. The molecule has 120 valence electrons. The molecule has 1 atom stereocenters. The lowest BCUT2D eigenvalue weighted by molar-refractivity contribution is -0.148. The molecule has 21 heavy (non-hydrogen) atoms. The van der Waals surface area contributed by atoms with Crippen LogP contribution in [0.15, 0.2) is 0 Å². The van der Waals surface area contributed by atoms with Gasteiger partial charge in [0.25, 0.3) is 0 Å². The zero-order valence-corrected chi connectivity index (χ0v) is 11.9. The van der Waals surface area contributed by atoms with Crippen LogP contribution in [0.3, 0.4) is 0 Å². The van der Waals surface area contributed by atoms with Crippen LogP contribution < -0.4 is 5.32 Å². The lowest BCUT2D eigenvalue weighted by atomic mass is 10.2. The molecule has 1 unspecified atom stereocenters. The number of aliphatic hydroxyl groups excluding tert-OH is 1. The third-order valence-corrected chi connectivity index (χ3v) is 3.36. The molecule has 0 spiro atoms. The topological polar surface area (TPSA) is 66.2 Å². The normalized spacial score (nSPS) is 17.8. The predicted molar refractivity (Wildman–Crippen MR) is 69.5 cm³/mol. The van der Waals surface area contributed by atoms with Gasteiger partial charge in [-0.05, 0) is 13.0 Å². The fraction of sp³-hybridized carbons (Fsp3) is 0.833. The first-order valence-electron chi connectivity index (χ1n) is 7.02. The first-order chi connectivity index (χ1) is 9.91. The minimum atomic E-state index is -4.48. The Labute approximate surface area is 121 Å². The van der Waals surface area contributed by atoms with Crippen molar-refractivity contribution in [3.05, 3.63) is 11.6 Å². The van der Waals surface area contributed by atoms with E-state index in [1.807, 2.05) is 11.8 Å². The number of hydrogen-bond donors (Lipinski definition) is 2. The van der Waals surface area contributed by atoms with Gasteiger partial charge in [-0.2, -0.15) is 13.2 Å². The maximum absolute atomic E-state index is 12.7. The molecule has 2 N–H and O–H groups in total. The van der Waals surface area contributed by atoms with Crippen molar-refractivity contribution in [3.63, 3.8) is 0 Å². The predicted octanol–water partition coefficient (Wildman–Crippen LogP) is 0.473. The summed E-state index contributed by atoms with van der Waals surface area (Å²) in [6.07, 6.45) is -4.04. The fourth-order valence-electron chi connectivity index (χ4n) is 2.38. The van der Waals surface area contributed by atoms with E-state index in [1.54, 1.807) is 0 Å². The fourth-order valence-corrected chi connectivity index (χ4v) is 2.38. The van der Waals surface area contributed by atoms with Crippen LogP contribution >= 0.6 is 0 Å². The van der Waals surface area contributed by atoms with Crippen molar-refractivity contribution in [2.24, 2.45) is 0 Å². The van der Waals surface area contributed by atoms with Crippen LogP contribution in [0.4, 0.5) is 13.2 Å². The average Bonchev–Trinajstić information content (AvgIpc) is 2.82. The summed E-state index contributed by atoms with van der Waals surface area (Å²) >= 11 is 0. The van der Waals surface area contributed by atoms with Crippen LogP contribution in [-0.2, 0) is 19.3 Å². The molecule has 0 amide bonds. The Morgan fingerprint density at radius 1 is 1.33 bits per heavy atom. The summed E-state index contributed by atoms with van der Waals surface area (Å²) in [5.41, 5.74) is 0. The SMILES string of the molecule is CCCNCC(O)CN1CCn2c(nnc2C(F)(F)F)C1. The molecule has 2 rings (SSSR count). The number of aromatic nitrogens is 3. The van der Waals surface area contributed by atoms with E-state index in [0.717, 1.165) is 17.5 Å². The number of alkyl halides is 3. The van der Waals surface area contributed by atoms with Gasteiger partial charge in [-0.1, -0.05) is 6.92 Å². The van der Waals surface area contributed by atoms with E-state index < -0.39 is 18.1 Å². The van der Waals surface area contributed by atoms with Gasteiger partial charge in [0.2, 0.25) is 5.82 Å². The van der Waals surface area contributed by atoms with E-state index in [2.05, 4.69) is 15.5 Å². The van der Waals surface area contributed by atoms with Gasteiger partial charge in [-0.25, -0.2) is 0 Å². The van der Waals surface area contributed by atoms with Crippen LogP contribution in [-0.4, -0.2) is 57.1 Å². The highest BCUT2D eigenvalue weighted by Gasteiger charge is 2.39. The summed E-state index contributed by atoms with van der Waals surface area (Å²) in [4.78, 5) is 1.89. The molecule has 6 nitrogen and oxygen atoms in total. The molecule has 0 aliphatic carbocycles. The first-order valence-corrected chi connectivity index (χ1v) is 7.02. The largest absolute Gasteiger partial charge is 0.451 e. The maximum atomic E-state index is 12.7. The Balaban J connectivity index is 1.90. The number of rotatable bonds is 6. The van der Waals surface area contributed by atoms with Gasteiger partial charge >= 0.3 is 6.18 Å². The van der Waals surface area contributed by atoms with Gasteiger partial charge in [-0.3, -0.25) is 4.90 Å². The Hall–Kier alpha value is -1.19. The number of nitrogens with one attached hydrogen (secondary N) is 1. The second-order valence-electron chi connectivity index (χ2n) is 5.18. The van der Waals surface area contributed by atoms with E-state index in [9.17, 15) is 18.3 Å². The lowest BCUT2D eigenvalue weighted by Crippen LogP contribution is -2.42. The van der Waals surface area contributed by atoms with Crippen molar-refractivity contribution in [3.8, 4) is 0 Å². The van der Waals surface area contributed by atoms with Crippen molar-refractivity contribution < 1.29 is 18.3 Å². The zero-order chi connectivity index (χ0) is 15.5. The third-order valence-electron chi connectivity index (χ3n) is 3.36. The van der Waals surface area contributed by atoms with Gasteiger partial charge < -0.3 is 15.0 Å². The quantitative estimate of drug-likeness (QED) is 0.748. The van der Waals surface area contributed by atoms with E-state index in [1.165, 1.54) is 0 Å². The zero-order valence-electron chi connectivity index (χ0n) is 11.9. The summed E-state index contributed by atoms with van der Waals surface area (Å²) < 4.78 is 39.2. The van der Waals surface area contributed by atoms with Crippen molar-refractivity contribution in [2.45, 2.75) is 38.7 Å². The molecule has 1 aliphatic heterocycles. The minimum Gasteiger partial charge on any atom is -0.390 e. The molecule has 0 fully saturated rings. The van der Waals surface area contributed by atoms with Crippen LogP contribution in [0, 0.1) is 0 Å². The van der Waals surface area contributed by atoms with Crippen LogP contribution in [0.25, 0.3) is 0 Å². The second-order valence-corrected chi connectivity index (χ2v) is 5.18. The standard InChI is InChI=1S/C12H20F3N5O/c1-2-3-16-6-9(21)7-19-4-5-20-10(8-19)17-18-11(20)12(13,14)15/h9,16,21H,2-8H2,1H3. The summed E-state index contributed by atoms with van der Waals surface area (Å²) in [7, 11) is 0. The van der Waals surface area contributed by atoms with Crippen molar-refractivity contribution in [2.75, 3.05) is 26.2 Å². The molecule has 9 heteroatoms. The molecular formula is C12H20F3N5O. The number of hydrogen-bond acceptors (Lipinski definition) is 5. The summed E-state index contributed by atoms with van der Waals surface area (Å²) in [5.74, 6) is -0.649. The van der Waals surface area contributed by atoms with Gasteiger partial charge in [0, 0.05) is 26.2 Å². The number of halogens is 3. The van der Waals surface area contributed by atoms with Gasteiger partial charge in [0.15, 0.2) is 0 Å². The van der Waals surface area contributed by atoms with Crippen LogP contribution in [0.5, 0.6) is 0 Å². The summed E-state index contributed by atoms with van der Waals surface area (Å²) in [6.45, 7) is 4.66. The molecule has 1 aromatic rings. The monoisotopic (exact) mass is 307 g/mol. The highest BCUT2D eigenvalue weighted by molar-refractivity contribution is 5.02. The molecule has 1 aliphatic rings. The number of fused-ring (bicyclic) bond motifs is 1. The number of β-amino-alcohol motifs (C(OH)–C–C–N with tert-alkyl or cyclic N) is 1. The smallest absolute Gasteiger partial charge is 0.390 e. The van der Waals surface area contributed by atoms with Crippen molar-refractivity contribution in [1.82, 2.24) is 25.0 Å². The molecule has 1 aromatic heterocycles. The number of nitrogens with zero attached hydrogens (tertiary/aromatic N) is 4. The van der Waals surface area contributed by atoms with E-state index in [4.69, 9.17) is 0 Å². The van der Waals surface area contributed by atoms with Gasteiger partial charge in [0.05, 0.1) is 12.6 Å². The average molecular weight is 307 g/mol. The van der Waals surface area contributed by atoms with E-state index >= 15 is 0 Å². The molecule has 0 bridgehead atoms. The van der Waals surface area contributed by atoms with Crippen LogP contribution in [0.1, 0.15) is 25.0 Å². The van der Waals surface area contributed by atoms with Gasteiger partial charge in [0.1, 0.15) is 5.82 Å². The highest BCUT2D eigenvalue weighted by atomic mass is 19.4. The van der Waals surface area contributed by atoms with Crippen molar-refractivity contribution >= 4 is 0 Å². The Kier molecular flexibility index (Phi) is 5.17. The molecule has 0 radical (unpaired) electrons. The van der Waals surface area contributed by atoms with E-state index in [-0.39, 0.29) is 13.1 Å². The highest BCUT2D eigenvalue weighted by Crippen LogP contribution is 2.29. The Morgan fingerprint density at radius 3 is 2.76 bits per heavy atom.